The lowest BCUT2D eigenvalue weighted by atomic mass is 10.2. The highest BCUT2D eigenvalue weighted by atomic mass is 14.9. The maximum absolute atomic E-state index is 4.42. The molecule has 0 aliphatic carbocycles. The molecule has 1 aromatic carbocycles. The summed E-state index contributed by atoms with van der Waals surface area (Å²) in [6.45, 7) is 6.25. The average Bonchev–Trinajstić information content (AvgIpc) is 1.85. The normalized spacial score (nSPS) is 10.2. The lowest BCUT2D eigenvalue weighted by molar-refractivity contribution is 0.698. The van der Waals surface area contributed by atoms with Crippen LogP contribution in [-0.2, 0) is 0 Å². The molecule has 1 nitrogen and oxygen atoms in total. The second-order valence-electron chi connectivity index (χ2n) is 3.06. The van der Waals surface area contributed by atoms with Crippen LogP contribution in [-0.4, -0.2) is 6.04 Å². The first-order valence-corrected chi connectivity index (χ1v) is 3.96. The second-order valence-corrected chi connectivity index (χ2v) is 3.06. The van der Waals surface area contributed by atoms with Gasteiger partial charge in [-0.25, -0.2) is 0 Å². The summed E-state index contributed by atoms with van der Waals surface area (Å²) in [6, 6.07) is 8.64. The van der Waals surface area contributed by atoms with Crippen molar-refractivity contribution >= 4 is 5.69 Å². The minimum atomic E-state index is 0.386. The number of hydrogen-bond donors (Lipinski definition) is 0. The van der Waals surface area contributed by atoms with Crippen molar-refractivity contribution in [3.8, 4) is 0 Å². The SMILES string of the molecule is Cc1cccc([N]C(C)C)c1. The molecular weight excluding hydrogens is 134 g/mol. The molecule has 1 rings (SSSR count). The van der Waals surface area contributed by atoms with Gasteiger partial charge in [-0.1, -0.05) is 12.1 Å². The molecule has 1 aromatic rings. The summed E-state index contributed by atoms with van der Waals surface area (Å²) in [7, 11) is 0. The van der Waals surface area contributed by atoms with Gasteiger partial charge in [-0.3, -0.25) is 5.32 Å². The number of aryl methyl sites for hydroxylation is 1. The van der Waals surface area contributed by atoms with Crippen molar-refractivity contribution in [2.45, 2.75) is 26.8 Å². The molecule has 0 bridgehead atoms. The first kappa shape index (κ1) is 8.12. The van der Waals surface area contributed by atoms with Gasteiger partial charge >= 0.3 is 0 Å². The van der Waals surface area contributed by atoms with E-state index in [2.05, 4.69) is 38.2 Å². The summed E-state index contributed by atoms with van der Waals surface area (Å²) in [5, 5.41) is 4.42. The molecule has 0 heterocycles. The molecular formula is C10H14N. The van der Waals surface area contributed by atoms with Crippen LogP contribution in [0.2, 0.25) is 0 Å². The highest BCUT2D eigenvalue weighted by Crippen LogP contribution is 2.10. The van der Waals surface area contributed by atoms with E-state index in [1.54, 1.807) is 0 Å². The van der Waals surface area contributed by atoms with Crippen LogP contribution in [0.1, 0.15) is 19.4 Å². The summed E-state index contributed by atoms with van der Waals surface area (Å²) in [5.41, 5.74) is 2.35. The Labute approximate surface area is 68.4 Å². The van der Waals surface area contributed by atoms with Gasteiger partial charge in [-0.05, 0) is 38.5 Å². The van der Waals surface area contributed by atoms with Crippen LogP contribution in [0.3, 0.4) is 0 Å². The average molecular weight is 148 g/mol. The Bertz CT molecular complexity index is 228. The highest BCUT2D eigenvalue weighted by Gasteiger charge is 1.95. The Kier molecular flexibility index (Phi) is 2.53. The zero-order chi connectivity index (χ0) is 8.27. The maximum Gasteiger partial charge on any atom is 0.0580 e. The molecule has 0 aromatic heterocycles. The van der Waals surface area contributed by atoms with E-state index in [-0.39, 0.29) is 0 Å². The van der Waals surface area contributed by atoms with Gasteiger partial charge in [0.05, 0.1) is 5.69 Å². The van der Waals surface area contributed by atoms with Crippen molar-refractivity contribution in [3.05, 3.63) is 29.8 Å². The van der Waals surface area contributed by atoms with Crippen molar-refractivity contribution in [3.63, 3.8) is 0 Å². The quantitative estimate of drug-likeness (QED) is 0.612. The lowest BCUT2D eigenvalue weighted by Gasteiger charge is -2.05. The molecule has 0 aliphatic rings. The Balaban J connectivity index is 2.71. The first-order chi connectivity index (χ1) is 5.18. The van der Waals surface area contributed by atoms with Gasteiger partial charge in [0.2, 0.25) is 0 Å². The van der Waals surface area contributed by atoms with Crippen molar-refractivity contribution in [1.29, 1.82) is 0 Å². The minimum Gasteiger partial charge on any atom is -0.283 e. The highest BCUT2D eigenvalue weighted by molar-refractivity contribution is 5.38. The van der Waals surface area contributed by atoms with E-state index in [9.17, 15) is 0 Å². The molecule has 59 valence electrons. The van der Waals surface area contributed by atoms with Crippen molar-refractivity contribution in [1.82, 2.24) is 5.32 Å². The fraction of sp³-hybridized carbons (Fsp3) is 0.400. The van der Waals surface area contributed by atoms with Gasteiger partial charge in [0.15, 0.2) is 0 Å². The smallest absolute Gasteiger partial charge is 0.0580 e. The van der Waals surface area contributed by atoms with E-state index in [1.165, 1.54) is 5.56 Å². The third-order valence-corrected chi connectivity index (χ3v) is 1.41. The van der Waals surface area contributed by atoms with Gasteiger partial charge in [0.25, 0.3) is 0 Å². The van der Waals surface area contributed by atoms with E-state index >= 15 is 0 Å². The third-order valence-electron chi connectivity index (χ3n) is 1.41. The maximum atomic E-state index is 4.42. The number of rotatable bonds is 2. The van der Waals surface area contributed by atoms with Crippen LogP contribution in [0.25, 0.3) is 0 Å². The molecule has 1 radical (unpaired) electrons. The van der Waals surface area contributed by atoms with Gasteiger partial charge in [-0.2, -0.15) is 0 Å². The van der Waals surface area contributed by atoms with Crippen molar-refractivity contribution < 1.29 is 0 Å². The molecule has 0 fully saturated rings. The van der Waals surface area contributed by atoms with Crippen molar-refractivity contribution in [2.24, 2.45) is 0 Å². The fourth-order valence-electron chi connectivity index (χ4n) is 1.01. The molecule has 0 spiro atoms. The van der Waals surface area contributed by atoms with E-state index in [0.29, 0.717) is 6.04 Å². The zero-order valence-electron chi connectivity index (χ0n) is 7.33. The predicted octanol–water partition coefficient (Wildman–Crippen LogP) is 2.64. The number of hydrogen-bond acceptors (Lipinski definition) is 0. The number of nitrogens with zero attached hydrogens (tertiary/aromatic N) is 1. The van der Waals surface area contributed by atoms with Gasteiger partial charge < -0.3 is 0 Å². The van der Waals surface area contributed by atoms with E-state index in [1.807, 2.05) is 12.1 Å². The summed E-state index contributed by atoms with van der Waals surface area (Å²) in [4.78, 5) is 0. The molecule has 1 heteroatoms. The molecule has 0 N–H and O–H groups in total. The van der Waals surface area contributed by atoms with Gasteiger partial charge in [0.1, 0.15) is 0 Å². The Morgan fingerprint density at radius 2 is 2.00 bits per heavy atom. The molecule has 0 saturated heterocycles. The van der Waals surface area contributed by atoms with Gasteiger partial charge in [0, 0.05) is 6.04 Å². The molecule has 0 saturated carbocycles. The third kappa shape index (κ3) is 2.62. The monoisotopic (exact) mass is 148 g/mol. The van der Waals surface area contributed by atoms with E-state index in [4.69, 9.17) is 0 Å². The summed E-state index contributed by atoms with van der Waals surface area (Å²) >= 11 is 0. The lowest BCUT2D eigenvalue weighted by Crippen LogP contribution is -2.07. The van der Waals surface area contributed by atoms with Crippen LogP contribution in [0, 0.1) is 6.92 Å². The fourth-order valence-corrected chi connectivity index (χ4v) is 1.01. The van der Waals surface area contributed by atoms with Crippen LogP contribution < -0.4 is 5.32 Å². The molecule has 0 unspecified atom stereocenters. The summed E-state index contributed by atoms with van der Waals surface area (Å²) < 4.78 is 0. The largest absolute Gasteiger partial charge is 0.283 e. The first-order valence-electron chi connectivity index (χ1n) is 3.96. The summed E-state index contributed by atoms with van der Waals surface area (Å²) in [5.74, 6) is 0. The minimum absolute atomic E-state index is 0.386. The summed E-state index contributed by atoms with van der Waals surface area (Å²) in [6.07, 6.45) is 0. The molecule has 0 atom stereocenters. The van der Waals surface area contributed by atoms with Crippen molar-refractivity contribution in [2.75, 3.05) is 0 Å². The van der Waals surface area contributed by atoms with Crippen LogP contribution in [0.5, 0.6) is 0 Å². The van der Waals surface area contributed by atoms with E-state index < -0.39 is 0 Å². The van der Waals surface area contributed by atoms with Crippen LogP contribution >= 0.6 is 0 Å². The second kappa shape index (κ2) is 3.42. The Morgan fingerprint density at radius 3 is 2.55 bits per heavy atom. The number of benzene rings is 1. The molecule has 0 amide bonds. The Hall–Kier alpha value is -0.980. The molecule has 0 aliphatic heterocycles. The predicted molar refractivity (Wildman–Crippen MR) is 48.1 cm³/mol. The van der Waals surface area contributed by atoms with Crippen LogP contribution in [0.4, 0.5) is 5.69 Å². The Morgan fingerprint density at radius 1 is 1.27 bits per heavy atom. The van der Waals surface area contributed by atoms with E-state index in [0.717, 1.165) is 5.69 Å². The standard InChI is InChI=1S/C10H14N/c1-8(2)11-10-6-4-5-9(3)7-10/h4-8H,1-3H3. The molecule has 11 heavy (non-hydrogen) atoms. The van der Waals surface area contributed by atoms with Gasteiger partial charge in [-0.15, -0.1) is 0 Å². The topological polar surface area (TPSA) is 14.1 Å². The van der Waals surface area contributed by atoms with Crippen LogP contribution in [0.15, 0.2) is 24.3 Å². The zero-order valence-corrected chi connectivity index (χ0v) is 7.33.